The van der Waals surface area contributed by atoms with Gasteiger partial charge in [-0.3, -0.25) is 0 Å². The van der Waals surface area contributed by atoms with Gasteiger partial charge in [-0.25, -0.2) is 0 Å². The summed E-state index contributed by atoms with van der Waals surface area (Å²) in [7, 11) is 0. The van der Waals surface area contributed by atoms with Gasteiger partial charge < -0.3 is 15.5 Å². The number of hydrazine groups is 1. The molecular weight excluding hydrogens is 150 g/mol. The van der Waals surface area contributed by atoms with Gasteiger partial charge >= 0.3 is 0 Å². The van der Waals surface area contributed by atoms with Gasteiger partial charge in [0.15, 0.2) is 0 Å². The normalized spacial score (nSPS) is 26.1. The second-order valence-electron chi connectivity index (χ2n) is 2.48. The van der Waals surface area contributed by atoms with E-state index in [0.717, 1.165) is 12.8 Å². The molecule has 0 unspecified atom stereocenters. The summed E-state index contributed by atoms with van der Waals surface area (Å²) < 4.78 is 0. The van der Waals surface area contributed by atoms with Crippen molar-refractivity contribution < 1.29 is 10.1 Å². The van der Waals surface area contributed by atoms with Gasteiger partial charge in [-0.1, -0.05) is 0 Å². The van der Waals surface area contributed by atoms with Gasteiger partial charge in [0.05, 0.1) is 13.2 Å². The van der Waals surface area contributed by atoms with E-state index in [2.05, 4.69) is 5.28 Å². The fourth-order valence-corrected chi connectivity index (χ4v) is 1.28. The minimum absolute atomic E-state index is 0.00782. The molecule has 0 aromatic rings. The van der Waals surface area contributed by atoms with E-state index < -0.39 is 0 Å². The van der Waals surface area contributed by atoms with Crippen LogP contribution in [-0.4, -0.2) is 34.3 Å². The first-order valence-corrected chi connectivity index (χ1v) is 3.47. The van der Waals surface area contributed by atoms with Crippen molar-refractivity contribution in [2.45, 2.75) is 18.9 Å². The van der Waals surface area contributed by atoms with Crippen LogP contribution in [0.25, 0.3) is 0 Å². The molecule has 0 radical (unpaired) electrons. The molecule has 0 bridgehead atoms. The molecule has 1 saturated heterocycles. The highest BCUT2D eigenvalue weighted by molar-refractivity contribution is 4.71. The van der Waals surface area contributed by atoms with Crippen molar-refractivity contribution in [3.8, 4) is 0 Å². The predicted octanol–water partition coefficient (Wildman–Crippen LogP) is -0.182. The van der Waals surface area contributed by atoms with Crippen LogP contribution in [0.5, 0.6) is 0 Å². The number of aliphatic hydroxyl groups is 1. The summed E-state index contributed by atoms with van der Waals surface area (Å²) in [5.74, 6) is 0. The molecule has 0 spiro atoms. The molecule has 1 N–H and O–H groups in total. The highest BCUT2D eigenvalue weighted by Gasteiger charge is 2.29. The topological polar surface area (TPSA) is 85.0 Å². The van der Waals surface area contributed by atoms with E-state index >= 15 is 0 Å². The monoisotopic (exact) mass is 160 g/mol. The number of rotatable bonds is 2. The molecule has 11 heavy (non-hydrogen) atoms. The van der Waals surface area contributed by atoms with Gasteiger partial charge in [0, 0.05) is 4.97 Å². The predicted molar refractivity (Wildman–Crippen MR) is 36.2 cm³/mol. The van der Waals surface area contributed by atoms with Gasteiger partial charge in [0.25, 0.3) is 0 Å². The van der Waals surface area contributed by atoms with Crippen molar-refractivity contribution >= 4 is 0 Å². The Labute approximate surface area is 63.9 Å². The molecule has 6 nitrogen and oxygen atoms in total. The molecular formula is C5H10N3O3-. The van der Waals surface area contributed by atoms with E-state index in [4.69, 9.17) is 5.11 Å². The van der Waals surface area contributed by atoms with Gasteiger partial charge in [-0.05, 0) is 18.1 Å². The second kappa shape index (κ2) is 3.38. The second-order valence-corrected chi connectivity index (χ2v) is 2.48. The first kappa shape index (κ1) is 8.06. The zero-order valence-corrected chi connectivity index (χ0v) is 6.01. The summed E-state index contributed by atoms with van der Waals surface area (Å²) in [6, 6.07) is -0.231. The number of nitrogens with zero attached hydrogens (tertiary/aromatic N) is 3. The molecule has 0 amide bonds. The lowest BCUT2D eigenvalue weighted by Gasteiger charge is -2.18. The largest absolute Gasteiger partial charge is 0.737 e. The van der Waals surface area contributed by atoms with Crippen molar-refractivity contribution in [2.24, 2.45) is 5.28 Å². The van der Waals surface area contributed by atoms with Crippen LogP contribution in [-0.2, 0) is 0 Å². The van der Waals surface area contributed by atoms with Crippen molar-refractivity contribution in [2.75, 3.05) is 13.2 Å². The van der Waals surface area contributed by atoms with E-state index in [1.807, 2.05) is 0 Å². The van der Waals surface area contributed by atoms with Crippen LogP contribution < -0.4 is 0 Å². The van der Waals surface area contributed by atoms with Crippen molar-refractivity contribution in [3.05, 3.63) is 10.4 Å². The van der Waals surface area contributed by atoms with Gasteiger partial charge in [0.1, 0.15) is 6.04 Å². The Hall–Kier alpha value is -1.04. The molecule has 1 rings (SSSR count). The third-order valence-electron chi connectivity index (χ3n) is 1.85. The van der Waals surface area contributed by atoms with E-state index in [0.29, 0.717) is 6.54 Å². The highest BCUT2D eigenvalue weighted by atomic mass is 16.6. The lowest BCUT2D eigenvalue weighted by atomic mass is 10.2. The summed E-state index contributed by atoms with van der Waals surface area (Å²) in [5.41, 5.74) is 0. The summed E-state index contributed by atoms with van der Waals surface area (Å²) >= 11 is 0. The van der Waals surface area contributed by atoms with E-state index in [1.165, 1.54) is 5.01 Å². The van der Waals surface area contributed by atoms with E-state index in [1.54, 1.807) is 0 Å². The smallest absolute Gasteiger partial charge is 0.111 e. The van der Waals surface area contributed by atoms with E-state index in [9.17, 15) is 10.4 Å². The van der Waals surface area contributed by atoms with Crippen LogP contribution in [0, 0.1) is 10.4 Å². The molecule has 1 aliphatic heterocycles. The van der Waals surface area contributed by atoms with Crippen LogP contribution in [0.15, 0.2) is 5.28 Å². The maximum absolute atomic E-state index is 10.6. The van der Waals surface area contributed by atoms with Gasteiger partial charge in [-0.2, -0.15) is 0 Å². The lowest BCUT2D eigenvalue weighted by molar-refractivity contribution is -0.694. The lowest BCUT2D eigenvalue weighted by Crippen LogP contribution is -2.37. The average Bonchev–Trinajstić information content (AvgIpc) is 2.50. The Morgan fingerprint density at radius 2 is 2.45 bits per heavy atom. The molecule has 6 heteroatoms. The molecule has 1 atom stereocenters. The molecule has 0 aliphatic carbocycles. The zero-order chi connectivity index (χ0) is 8.27. The van der Waals surface area contributed by atoms with Gasteiger partial charge in [0.2, 0.25) is 0 Å². The third kappa shape index (κ3) is 1.51. The summed E-state index contributed by atoms with van der Waals surface area (Å²) in [5, 5.41) is 32.6. The molecule has 64 valence electrons. The number of hydrogen-bond donors (Lipinski definition) is 1. The SMILES string of the molecule is [O-]/N=[N+](/[O-])N1CCC[C@@H]1CO. The maximum atomic E-state index is 10.6. The zero-order valence-electron chi connectivity index (χ0n) is 6.01. The van der Waals surface area contributed by atoms with Crippen LogP contribution in [0.2, 0.25) is 0 Å². The first-order chi connectivity index (χ1) is 5.29. The Bertz CT molecular complexity index is 161. The standard InChI is InChI=1S/C5H11N3O3/c9-4-5-2-1-3-7(5)8(11)6-10/h5,9-10H,1-4H2/p-1/b8-6+/t5-/m1/s1. The van der Waals surface area contributed by atoms with Crippen LogP contribution in [0.3, 0.4) is 0 Å². The molecule has 0 aromatic heterocycles. The van der Waals surface area contributed by atoms with Crippen LogP contribution in [0.1, 0.15) is 12.8 Å². The van der Waals surface area contributed by atoms with Crippen molar-refractivity contribution in [1.82, 2.24) is 5.01 Å². The summed E-state index contributed by atoms with van der Waals surface area (Å²) in [6.07, 6.45) is 1.56. The maximum Gasteiger partial charge on any atom is 0.111 e. The minimum atomic E-state index is -0.231. The Morgan fingerprint density at radius 3 is 3.00 bits per heavy atom. The highest BCUT2D eigenvalue weighted by Crippen LogP contribution is 2.16. The number of aliphatic hydroxyl groups excluding tert-OH is 1. The Morgan fingerprint density at radius 1 is 1.73 bits per heavy atom. The number of hydrogen-bond acceptors (Lipinski definition) is 4. The summed E-state index contributed by atoms with van der Waals surface area (Å²) in [4.78, 5) is 0.00782. The Balaban J connectivity index is 2.56. The average molecular weight is 160 g/mol. The molecule has 1 fully saturated rings. The molecule has 1 heterocycles. The fraction of sp³-hybridized carbons (Fsp3) is 1.00. The fourth-order valence-electron chi connectivity index (χ4n) is 1.28. The van der Waals surface area contributed by atoms with Crippen molar-refractivity contribution in [1.29, 1.82) is 0 Å². The molecule has 0 aromatic carbocycles. The van der Waals surface area contributed by atoms with Crippen LogP contribution in [0.4, 0.5) is 0 Å². The summed E-state index contributed by atoms with van der Waals surface area (Å²) in [6.45, 7) is 0.398. The first-order valence-electron chi connectivity index (χ1n) is 3.47. The van der Waals surface area contributed by atoms with E-state index in [-0.39, 0.29) is 17.6 Å². The van der Waals surface area contributed by atoms with Crippen LogP contribution >= 0.6 is 0 Å². The minimum Gasteiger partial charge on any atom is -0.737 e. The van der Waals surface area contributed by atoms with Crippen molar-refractivity contribution in [3.63, 3.8) is 0 Å². The molecule has 0 saturated carbocycles. The Kier molecular flexibility index (Phi) is 2.48. The van der Waals surface area contributed by atoms with Gasteiger partial charge in [-0.15, -0.1) is 5.01 Å². The third-order valence-corrected chi connectivity index (χ3v) is 1.85. The molecule has 1 aliphatic rings. The quantitative estimate of drug-likeness (QED) is 0.345.